The highest BCUT2D eigenvalue weighted by atomic mass is 32.2. The van der Waals surface area contributed by atoms with E-state index in [1.807, 2.05) is 35.2 Å². The van der Waals surface area contributed by atoms with Gasteiger partial charge in [0.1, 0.15) is 5.75 Å². The zero-order chi connectivity index (χ0) is 22.9. The molecule has 2 aliphatic rings. The lowest BCUT2D eigenvalue weighted by atomic mass is 10.0. The molecular formula is C23H28N2O6S. The minimum Gasteiger partial charge on any atom is -0.497 e. The molecule has 0 unspecified atom stereocenters. The molecule has 4 rings (SSSR count). The van der Waals surface area contributed by atoms with Crippen LogP contribution >= 0.6 is 0 Å². The first kappa shape index (κ1) is 22.4. The fourth-order valence-electron chi connectivity index (χ4n) is 4.61. The summed E-state index contributed by atoms with van der Waals surface area (Å²) < 4.78 is 41.1. The van der Waals surface area contributed by atoms with Crippen LogP contribution in [0.4, 0.5) is 5.69 Å². The first-order chi connectivity index (χ1) is 15.3. The van der Waals surface area contributed by atoms with Gasteiger partial charge < -0.3 is 19.1 Å². The minimum atomic E-state index is -3.25. The SMILES string of the molecule is COc1cccc(N2C(=O)CN(CCc3ccc(OC)c(OC)c3)[C@H]3CS(=O)(=O)C[C@H]32)c1. The largest absolute Gasteiger partial charge is 0.497 e. The standard InChI is InChI=1S/C23H28N2O6S/c1-29-18-6-4-5-17(12-18)25-20-15-32(27,28)14-19(20)24(13-23(25)26)10-9-16-7-8-21(30-2)22(11-16)31-3/h4-8,11-12,19-20H,9-10,13-15H2,1-3H3/t19-,20+/m0/s1. The number of hydrogen-bond acceptors (Lipinski definition) is 7. The number of carbonyl (C=O) groups is 1. The van der Waals surface area contributed by atoms with Crippen LogP contribution < -0.4 is 19.1 Å². The molecule has 0 bridgehead atoms. The Balaban J connectivity index is 1.56. The molecule has 2 saturated heterocycles. The number of rotatable bonds is 7. The number of sulfone groups is 1. The predicted molar refractivity (Wildman–Crippen MR) is 122 cm³/mol. The van der Waals surface area contributed by atoms with Crippen molar-refractivity contribution in [2.24, 2.45) is 0 Å². The maximum Gasteiger partial charge on any atom is 0.241 e. The lowest BCUT2D eigenvalue weighted by Gasteiger charge is -2.43. The molecule has 2 fully saturated rings. The third kappa shape index (κ3) is 4.40. The average molecular weight is 461 g/mol. The highest BCUT2D eigenvalue weighted by molar-refractivity contribution is 7.91. The molecule has 2 heterocycles. The summed E-state index contributed by atoms with van der Waals surface area (Å²) in [7, 11) is 1.50. The van der Waals surface area contributed by atoms with Gasteiger partial charge in [-0.1, -0.05) is 12.1 Å². The summed E-state index contributed by atoms with van der Waals surface area (Å²) in [4.78, 5) is 16.8. The van der Waals surface area contributed by atoms with Crippen molar-refractivity contribution in [3.8, 4) is 17.2 Å². The lowest BCUT2D eigenvalue weighted by Crippen LogP contribution is -2.62. The van der Waals surface area contributed by atoms with Gasteiger partial charge in [-0.3, -0.25) is 9.69 Å². The van der Waals surface area contributed by atoms with Gasteiger partial charge in [-0.25, -0.2) is 8.42 Å². The molecule has 2 aromatic rings. The van der Waals surface area contributed by atoms with Crippen LogP contribution in [-0.4, -0.2) is 77.2 Å². The Bertz CT molecular complexity index is 1100. The van der Waals surface area contributed by atoms with Gasteiger partial charge in [-0.2, -0.15) is 0 Å². The third-order valence-electron chi connectivity index (χ3n) is 6.17. The van der Waals surface area contributed by atoms with Crippen LogP contribution in [0.5, 0.6) is 17.2 Å². The number of hydrogen-bond donors (Lipinski definition) is 0. The minimum absolute atomic E-state index is 0.0343. The van der Waals surface area contributed by atoms with Crippen molar-refractivity contribution < 1.29 is 27.4 Å². The lowest BCUT2D eigenvalue weighted by molar-refractivity contribution is -0.123. The Morgan fingerprint density at radius 1 is 0.938 bits per heavy atom. The number of benzene rings is 2. The van der Waals surface area contributed by atoms with Gasteiger partial charge in [0.2, 0.25) is 5.91 Å². The number of ether oxygens (including phenoxy) is 3. The van der Waals surface area contributed by atoms with Gasteiger partial charge in [-0.05, 0) is 36.2 Å². The molecule has 2 atom stereocenters. The van der Waals surface area contributed by atoms with E-state index in [2.05, 4.69) is 0 Å². The summed E-state index contributed by atoms with van der Waals surface area (Å²) in [5, 5.41) is 0. The number of piperazine rings is 1. The van der Waals surface area contributed by atoms with E-state index in [4.69, 9.17) is 14.2 Å². The van der Waals surface area contributed by atoms with Crippen LogP contribution in [0.3, 0.4) is 0 Å². The highest BCUT2D eigenvalue weighted by Crippen LogP contribution is 2.33. The monoisotopic (exact) mass is 460 g/mol. The van der Waals surface area contributed by atoms with Crippen LogP contribution in [-0.2, 0) is 21.1 Å². The van der Waals surface area contributed by atoms with E-state index in [0.29, 0.717) is 35.9 Å². The normalized spacial score (nSPS) is 22.5. The number of nitrogens with zero attached hydrogens (tertiary/aromatic N) is 2. The molecule has 0 spiro atoms. The number of methoxy groups -OCH3 is 3. The Labute approximate surface area is 188 Å². The number of amides is 1. The molecule has 0 N–H and O–H groups in total. The van der Waals surface area contributed by atoms with E-state index >= 15 is 0 Å². The van der Waals surface area contributed by atoms with Gasteiger partial charge >= 0.3 is 0 Å². The fraction of sp³-hybridized carbons (Fsp3) is 0.435. The van der Waals surface area contributed by atoms with Crippen molar-refractivity contribution in [2.45, 2.75) is 18.5 Å². The van der Waals surface area contributed by atoms with E-state index in [1.165, 1.54) is 0 Å². The Hall–Kier alpha value is -2.78. The summed E-state index contributed by atoms with van der Waals surface area (Å²) in [5.41, 5.74) is 1.70. The second kappa shape index (κ2) is 8.99. The van der Waals surface area contributed by atoms with E-state index < -0.39 is 15.9 Å². The van der Waals surface area contributed by atoms with Crippen LogP contribution in [0.15, 0.2) is 42.5 Å². The van der Waals surface area contributed by atoms with Crippen LogP contribution in [0, 0.1) is 0 Å². The van der Waals surface area contributed by atoms with Crippen molar-refractivity contribution in [1.29, 1.82) is 0 Å². The Morgan fingerprint density at radius 2 is 1.69 bits per heavy atom. The zero-order valence-corrected chi connectivity index (χ0v) is 19.3. The molecule has 0 aromatic heterocycles. The molecule has 1 amide bonds. The van der Waals surface area contributed by atoms with Crippen molar-refractivity contribution in [3.63, 3.8) is 0 Å². The fourth-order valence-corrected chi connectivity index (χ4v) is 6.59. The second-order valence-electron chi connectivity index (χ2n) is 8.09. The molecule has 172 valence electrons. The van der Waals surface area contributed by atoms with E-state index in [0.717, 1.165) is 5.56 Å². The van der Waals surface area contributed by atoms with Crippen LogP contribution in [0.1, 0.15) is 5.56 Å². The molecule has 0 aliphatic carbocycles. The summed E-state index contributed by atoms with van der Waals surface area (Å²) in [6.45, 7) is 0.741. The van der Waals surface area contributed by atoms with Crippen molar-refractivity contribution in [2.75, 3.05) is 50.8 Å². The van der Waals surface area contributed by atoms with Gasteiger partial charge in [0.15, 0.2) is 21.3 Å². The Kier molecular flexibility index (Phi) is 6.30. The van der Waals surface area contributed by atoms with Crippen molar-refractivity contribution in [1.82, 2.24) is 4.90 Å². The van der Waals surface area contributed by atoms with Gasteiger partial charge in [-0.15, -0.1) is 0 Å². The average Bonchev–Trinajstić information content (AvgIpc) is 3.11. The molecule has 0 saturated carbocycles. The van der Waals surface area contributed by atoms with E-state index in [9.17, 15) is 13.2 Å². The third-order valence-corrected chi connectivity index (χ3v) is 7.87. The summed E-state index contributed by atoms with van der Waals surface area (Å²) in [6, 6.07) is 12.3. The first-order valence-electron chi connectivity index (χ1n) is 10.5. The van der Waals surface area contributed by atoms with Crippen LogP contribution in [0.25, 0.3) is 0 Å². The highest BCUT2D eigenvalue weighted by Gasteiger charge is 2.49. The number of carbonyl (C=O) groups excluding carboxylic acids is 1. The molecular weight excluding hydrogens is 432 g/mol. The number of anilines is 1. The quantitative estimate of drug-likeness (QED) is 0.623. The second-order valence-corrected chi connectivity index (χ2v) is 10.2. The smallest absolute Gasteiger partial charge is 0.241 e. The molecule has 8 nitrogen and oxygen atoms in total. The van der Waals surface area contributed by atoms with Gasteiger partial charge in [0.05, 0.1) is 45.4 Å². The maximum atomic E-state index is 13.2. The Morgan fingerprint density at radius 3 is 2.41 bits per heavy atom. The molecule has 32 heavy (non-hydrogen) atoms. The molecule has 0 radical (unpaired) electrons. The predicted octanol–water partition coefficient (Wildman–Crippen LogP) is 1.77. The van der Waals surface area contributed by atoms with E-state index in [1.54, 1.807) is 38.4 Å². The molecule has 2 aliphatic heterocycles. The molecule has 9 heteroatoms. The van der Waals surface area contributed by atoms with Gasteiger partial charge in [0, 0.05) is 24.3 Å². The first-order valence-corrected chi connectivity index (χ1v) is 12.3. The van der Waals surface area contributed by atoms with Crippen molar-refractivity contribution in [3.05, 3.63) is 48.0 Å². The number of fused-ring (bicyclic) bond motifs is 1. The zero-order valence-electron chi connectivity index (χ0n) is 18.5. The topological polar surface area (TPSA) is 85.4 Å². The summed E-state index contributed by atoms with van der Waals surface area (Å²) in [5.74, 6) is 1.84. The van der Waals surface area contributed by atoms with Crippen molar-refractivity contribution >= 4 is 21.4 Å². The van der Waals surface area contributed by atoms with Gasteiger partial charge in [0.25, 0.3) is 0 Å². The molecule has 2 aromatic carbocycles. The summed E-state index contributed by atoms with van der Waals surface area (Å²) in [6.07, 6.45) is 0.663. The van der Waals surface area contributed by atoms with Crippen LogP contribution in [0.2, 0.25) is 0 Å². The van der Waals surface area contributed by atoms with E-state index in [-0.39, 0.29) is 30.0 Å². The maximum absolute atomic E-state index is 13.2. The summed E-state index contributed by atoms with van der Waals surface area (Å²) >= 11 is 0.